The summed E-state index contributed by atoms with van der Waals surface area (Å²) in [4.78, 5) is 10.9. The molecule has 0 aliphatic carbocycles. The van der Waals surface area contributed by atoms with E-state index in [4.69, 9.17) is 16.5 Å². The molecule has 2 atom stereocenters. The summed E-state index contributed by atoms with van der Waals surface area (Å²) in [6.45, 7) is 4.00. The summed E-state index contributed by atoms with van der Waals surface area (Å²) in [6, 6.07) is 0. The second-order valence-corrected chi connectivity index (χ2v) is 5.92. The van der Waals surface area contributed by atoms with Crippen LogP contribution in [0, 0.1) is 0 Å². The average Bonchev–Trinajstić information content (AvgIpc) is 1.89. The van der Waals surface area contributed by atoms with Gasteiger partial charge in [-0.15, -0.1) is 11.4 Å². The molecule has 0 spiro atoms. The summed E-state index contributed by atoms with van der Waals surface area (Å²) in [5, 5.41) is -0.0764. The van der Waals surface area contributed by atoms with Crippen LogP contribution in [-0.4, -0.2) is 17.8 Å². The van der Waals surface area contributed by atoms with E-state index >= 15 is 0 Å². The van der Waals surface area contributed by atoms with Crippen LogP contribution in [0.2, 0.25) is 0 Å². The Morgan fingerprint density at radius 3 is 2.90 bits per heavy atom. The van der Waals surface area contributed by atoms with E-state index in [9.17, 15) is 4.79 Å². The van der Waals surface area contributed by atoms with E-state index in [-0.39, 0.29) is 17.8 Å². The molecule has 0 aromatic carbocycles. The predicted molar refractivity (Wildman–Crippen MR) is 50.8 cm³/mol. The monoisotopic (exact) mass is 198 g/mol. The van der Waals surface area contributed by atoms with Crippen molar-refractivity contribution in [3.05, 3.63) is 0 Å². The number of ether oxygens (including phenoxy) is 1. The molecule has 5 heteroatoms. The summed E-state index contributed by atoms with van der Waals surface area (Å²) in [5.41, 5.74) is 0. The van der Waals surface area contributed by atoms with Gasteiger partial charge in [-0.25, -0.2) is 0 Å². The lowest BCUT2D eigenvalue weighted by Gasteiger charge is -2.05. The van der Waals surface area contributed by atoms with Gasteiger partial charge in [-0.1, -0.05) is 11.8 Å². The third-order valence-corrected chi connectivity index (χ3v) is 4.15. The molecule has 0 amide bonds. The summed E-state index contributed by atoms with van der Waals surface area (Å²) in [7, 11) is 0. The minimum atomic E-state index is -0.148. The van der Waals surface area contributed by atoms with Crippen LogP contribution in [0.5, 0.6) is 0 Å². The zero-order chi connectivity index (χ0) is 7.98. The first-order chi connectivity index (χ1) is 4.72. The van der Waals surface area contributed by atoms with E-state index in [1.54, 1.807) is 6.92 Å². The first-order valence-electron chi connectivity index (χ1n) is 2.98. The number of carbonyl (C=O) groups is 1. The minimum Gasteiger partial charge on any atom is -0.465 e. The highest BCUT2D eigenvalue weighted by molar-refractivity contribution is 8.58. The maximum atomic E-state index is 10.9. The van der Waals surface area contributed by atoms with Gasteiger partial charge < -0.3 is 4.74 Å². The van der Waals surface area contributed by atoms with Crippen LogP contribution in [0.4, 0.5) is 0 Å². The van der Waals surface area contributed by atoms with Gasteiger partial charge in [0.1, 0.15) is 5.25 Å². The van der Waals surface area contributed by atoms with E-state index in [1.165, 1.54) is 11.4 Å². The van der Waals surface area contributed by atoms with Gasteiger partial charge in [0.05, 0.1) is 6.61 Å². The van der Waals surface area contributed by atoms with E-state index in [1.807, 2.05) is 6.92 Å². The Bertz CT molecular complexity index is 129. The van der Waals surface area contributed by atoms with Gasteiger partial charge in [-0.05, 0) is 20.4 Å². The lowest BCUT2D eigenvalue weighted by atomic mass is 10.5. The molecule has 0 rings (SSSR count). The van der Waals surface area contributed by atoms with Crippen molar-refractivity contribution < 1.29 is 9.53 Å². The molecule has 0 aliphatic rings. The van der Waals surface area contributed by atoms with E-state index in [2.05, 4.69) is 0 Å². The fraction of sp³-hybridized carbons (Fsp3) is 0.800. The Morgan fingerprint density at radius 1 is 1.90 bits per heavy atom. The number of carbonyl (C=O) groups excluding carboxylic acids is 1. The fourth-order valence-electron chi connectivity index (χ4n) is 0.399. The summed E-state index contributed by atoms with van der Waals surface area (Å²) >= 11 is 6.27. The largest absolute Gasteiger partial charge is 0.465 e. The van der Waals surface area contributed by atoms with Gasteiger partial charge in [-0.3, -0.25) is 4.79 Å². The topological polar surface area (TPSA) is 26.3 Å². The summed E-state index contributed by atoms with van der Waals surface area (Å²) < 4.78 is 4.76. The highest BCUT2D eigenvalue weighted by Crippen LogP contribution is 2.24. The SMILES string of the molecule is CCOC(=O)C(C)S[PH2]=S. The normalized spacial score (nSPS) is 13.8. The van der Waals surface area contributed by atoms with E-state index in [0.29, 0.717) is 6.61 Å². The lowest BCUT2D eigenvalue weighted by molar-refractivity contribution is -0.142. The first-order valence-corrected chi connectivity index (χ1v) is 7.22. The Kier molecular flexibility index (Phi) is 6.49. The molecule has 0 aliphatic heterocycles. The molecule has 10 heavy (non-hydrogen) atoms. The molecule has 0 aromatic heterocycles. The highest BCUT2D eigenvalue weighted by Gasteiger charge is 2.11. The molecule has 2 nitrogen and oxygen atoms in total. The van der Waals surface area contributed by atoms with Gasteiger partial charge in [0.2, 0.25) is 0 Å². The third kappa shape index (κ3) is 4.31. The Hall–Kier alpha value is 0.470. The summed E-state index contributed by atoms with van der Waals surface area (Å²) in [6.07, 6.45) is 0. The third-order valence-electron chi connectivity index (χ3n) is 0.878. The molecule has 0 heterocycles. The van der Waals surface area contributed by atoms with Crippen LogP contribution in [0.3, 0.4) is 0 Å². The van der Waals surface area contributed by atoms with Crippen molar-refractivity contribution in [2.75, 3.05) is 6.61 Å². The first kappa shape index (κ1) is 10.5. The second kappa shape index (κ2) is 6.20. The van der Waals surface area contributed by atoms with Crippen molar-refractivity contribution in [3.8, 4) is 0 Å². The molecule has 60 valence electrons. The van der Waals surface area contributed by atoms with Crippen LogP contribution in [0.25, 0.3) is 0 Å². The second-order valence-electron chi connectivity index (χ2n) is 1.63. The van der Waals surface area contributed by atoms with E-state index < -0.39 is 0 Å². The number of rotatable bonds is 4. The molecule has 0 radical (unpaired) electrons. The van der Waals surface area contributed by atoms with Crippen LogP contribution in [0.1, 0.15) is 13.8 Å². The van der Waals surface area contributed by atoms with Crippen LogP contribution in [0.15, 0.2) is 0 Å². The molecular formula is C5H11O2PS2. The van der Waals surface area contributed by atoms with Crippen molar-refractivity contribution in [2.45, 2.75) is 19.1 Å². The van der Waals surface area contributed by atoms with Gasteiger partial charge >= 0.3 is 5.97 Å². The fourth-order valence-corrected chi connectivity index (χ4v) is 3.08. The molecule has 0 aromatic rings. The number of esters is 1. The predicted octanol–water partition coefficient (Wildman–Crippen LogP) is 1.46. The Labute approximate surface area is 71.3 Å². The lowest BCUT2D eigenvalue weighted by Crippen LogP contribution is -2.15. The van der Waals surface area contributed by atoms with Gasteiger partial charge in [0, 0.05) is 0 Å². The summed E-state index contributed by atoms with van der Waals surface area (Å²) in [5.74, 6) is -0.148. The van der Waals surface area contributed by atoms with Crippen molar-refractivity contribution in [3.63, 3.8) is 0 Å². The van der Waals surface area contributed by atoms with Crippen molar-refractivity contribution in [2.24, 2.45) is 0 Å². The minimum absolute atomic E-state index is 0.0764. The molecule has 0 saturated carbocycles. The zero-order valence-electron chi connectivity index (χ0n) is 5.99. The number of hydrogen-bond donors (Lipinski definition) is 0. The molecule has 0 N–H and O–H groups in total. The quantitative estimate of drug-likeness (QED) is 0.504. The maximum Gasteiger partial charge on any atom is 0.319 e. The van der Waals surface area contributed by atoms with Crippen LogP contribution < -0.4 is 0 Å². The van der Waals surface area contributed by atoms with Gasteiger partial charge in [-0.2, -0.15) is 0 Å². The van der Waals surface area contributed by atoms with Crippen molar-refractivity contribution in [1.29, 1.82) is 0 Å². The standard InChI is InChI=1S/C5H11O2PS2/c1-3-7-5(6)4(2)10-8-9/h4H,3,8H2,1-2H3. The van der Waals surface area contributed by atoms with Gasteiger partial charge in [0.15, 0.2) is 0 Å². The average molecular weight is 198 g/mol. The highest BCUT2D eigenvalue weighted by atomic mass is 32.9. The van der Waals surface area contributed by atoms with Crippen LogP contribution >= 0.6 is 17.9 Å². The molecule has 0 saturated heterocycles. The molecule has 2 unspecified atom stereocenters. The maximum absolute atomic E-state index is 10.9. The smallest absolute Gasteiger partial charge is 0.319 e. The molecule has 0 bridgehead atoms. The van der Waals surface area contributed by atoms with Crippen LogP contribution in [-0.2, 0) is 21.3 Å². The van der Waals surface area contributed by atoms with E-state index in [0.717, 1.165) is 0 Å². The molecule has 0 fully saturated rings. The number of hydrogen-bond acceptors (Lipinski definition) is 4. The van der Waals surface area contributed by atoms with Crippen molar-refractivity contribution >= 4 is 35.7 Å². The van der Waals surface area contributed by atoms with Crippen molar-refractivity contribution in [1.82, 2.24) is 0 Å². The van der Waals surface area contributed by atoms with Gasteiger partial charge in [0.25, 0.3) is 0 Å². The molecular weight excluding hydrogens is 187 g/mol. The Balaban J connectivity index is 3.58. The Morgan fingerprint density at radius 2 is 2.50 bits per heavy atom. The zero-order valence-corrected chi connectivity index (χ0v) is 8.78.